The molecule has 0 amide bonds. The van der Waals surface area contributed by atoms with Crippen molar-refractivity contribution in [1.29, 1.82) is 0 Å². The largest absolute Gasteiger partial charge is 0.497 e. The van der Waals surface area contributed by atoms with Crippen LogP contribution in [0.3, 0.4) is 0 Å². The monoisotopic (exact) mass is 414 g/mol. The summed E-state index contributed by atoms with van der Waals surface area (Å²) in [6, 6.07) is 14.7. The topological polar surface area (TPSA) is 70.2 Å². The molecule has 31 heavy (non-hydrogen) atoms. The summed E-state index contributed by atoms with van der Waals surface area (Å²) in [4.78, 5) is 14.0. The van der Waals surface area contributed by atoms with Gasteiger partial charge in [0.25, 0.3) is 0 Å². The zero-order chi connectivity index (χ0) is 21.2. The van der Waals surface area contributed by atoms with Crippen LogP contribution < -0.4 is 9.64 Å². The van der Waals surface area contributed by atoms with Crippen LogP contribution in [0.4, 0.5) is 5.82 Å². The molecule has 1 aliphatic rings. The van der Waals surface area contributed by atoms with E-state index >= 15 is 0 Å². The number of nitrogens with one attached hydrogen (secondary N) is 1. The molecule has 7 nitrogen and oxygen atoms in total. The summed E-state index contributed by atoms with van der Waals surface area (Å²) in [7, 11) is 1.70. The molecule has 5 rings (SSSR count). The van der Waals surface area contributed by atoms with Crippen LogP contribution in [0.5, 0.6) is 5.75 Å². The maximum Gasteiger partial charge on any atom is 0.139 e. The number of rotatable bonds is 5. The number of fused-ring (bicyclic) bond motifs is 1. The first-order valence-corrected chi connectivity index (χ1v) is 10.6. The highest BCUT2D eigenvalue weighted by Gasteiger charge is 2.20. The summed E-state index contributed by atoms with van der Waals surface area (Å²) in [5.41, 5.74) is 5.51. The second kappa shape index (κ2) is 8.35. The zero-order valence-electron chi connectivity index (χ0n) is 17.9. The van der Waals surface area contributed by atoms with Crippen LogP contribution >= 0.6 is 0 Å². The van der Waals surface area contributed by atoms with Crippen LogP contribution in [0.2, 0.25) is 0 Å². The molecule has 1 aliphatic heterocycles. The highest BCUT2D eigenvalue weighted by molar-refractivity contribution is 5.93. The molecule has 3 heterocycles. The Kier molecular flexibility index (Phi) is 5.26. The maximum atomic E-state index is 5.26. The number of hydrogen-bond acceptors (Lipinski definition) is 6. The number of ether oxygens (including phenoxy) is 1. The number of piperazine rings is 1. The minimum Gasteiger partial charge on any atom is -0.497 e. The first-order chi connectivity index (χ1) is 15.2. The van der Waals surface area contributed by atoms with E-state index in [9.17, 15) is 0 Å². The average molecular weight is 415 g/mol. The molecular formula is C24H26N6O. The second-order valence-electron chi connectivity index (χ2n) is 7.92. The summed E-state index contributed by atoms with van der Waals surface area (Å²) in [5.74, 6) is 1.91. The summed E-state index contributed by atoms with van der Waals surface area (Å²) in [6.07, 6.45) is 3.61. The van der Waals surface area contributed by atoms with Crippen molar-refractivity contribution in [1.82, 2.24) is 25.1 Å². The van der Waals surface area contributed by atoms with Gasteiger partial charge in [-0.25, -0.2) is 9.97 Å². The molecule has 0 spiro atoms. The van der Waals surface area contributed by atoms with Gasteiger partial charge in [0, 0.05) is 49.9 Å². The predicted octanol–water partition coefficient (Wildman–Crippen LogP) is 3.66. The maximum absolute atomic E-state index is 5.26. The number of nitrogens with zero attached hydrogens (tertiary/aromatic N) is 5. The Bertz CT molecular complexity index is 1180. The van der Waals surface area contributed by atoms with Gasteiger partial charge in [-0.2, -0.15) is 5.10 Å². The van der Waals surface area contributed by atoms with Gasteiger partial charge in [-0.05, 0) is 42.3 Å². The Morgan fingerprint density at radius 2 is 1.81 bits per heavy atom. The van der Waals surface area contributed by atoms with Crippen molar-refractivity contribution in [2.45, 2.75) is 13.5 Å². The zero-order valence-corrected chi connectivity index (χ0v) is 17.9. The van der Waals surface area contributed by atoms with Crippen molar-refractivity contribution in [3.8, 4) is 16.9 Å². The Balaban J connectivity index is 1.33. The van der Waals surface area contributed by atoms with Gasteiger partial charge in [-0.3, -0.25) is 10.00 Å². The second-order valence-corrected chi connectivity index (χ2v) is 7.92. The quantitative estimate of drug-likeness (QED) is 0.537. The molecule has 1 N–H and O–H groups in total. The fourth-order valence-corrected chi connectivity index (χ4v) is 4.22. The summed E-state index contributed by atoms with van der Waals surface area (Å²) in [6.45, 7) is 6.84. The molecule has 2 aromatic carbocycles. The van der Waals surface area contributed by atoms with E-state index in [4.69, 9.17) is 4.74 Å². The Labute approximate surface area is 181 Å². The van der Waals surface area contributed by atoms with Gasteiger partial charge in [0.15, 0.2) is 0 Å². The lowest BCUT2D eigenvalue weighted by Gasteiger charge is -2.35. The minimum atomic E-state index is 0.897. The molecule has 0 bridgehead atoms. The molecule has 0 radical (unpaired) electrons. The third-order valence-electron chi connectivity index (χ3n) is 5.99. The third kappa shape index (κ3) is 3.96. The van der Waals surface area contributed by atoms with E-state index in [0.29, 0.717) is 0 Å². The molecule has 2 aromatic heterocycles. The highest BCUT2D eigenvalue weighted by atomic mass is 16.5. The molecule has 7 heteroatoms. The van der Waals surface area contributed by atoms with Crippen LogP contribution in [0, 0.1) is 6.92 Å². The van der Waals surface area contributed by atoms with Crippen molar-refractivity contribution in [3.05, 3.63) is 66.2 Å². The average Bonchev–Trinajstić information content (AvgIpc) is 3.25. The van der Waals surface area contributed by atoms with Gasteiger partial charge in [-0.1, -0.05) is 18.2 Å². The van der Waals surface area contributed by atoms with Gasteiger partial charge in [0.05, 0.1) is 18.3 Å². The molecule has 0 unspecified atom stereocenters. The van der Waals surface area contributed by atoms with Crippen molar-refractivity contribution in [2.75, 3.05) is 38.2 Å². The SMILES string of the molecule is COc1ccc(CN2CCN(c3ncnc4ccc(-c5c[nH]nc5C)cc34)CC2)cc1. The van der Waals surface area contributed by atoms with E-state index in [0.717, 1.165) is 72.0 Å². The van der Waals surface area contributed by atoms with Crippen LogP contribution in [0.15, 0.2) is 55.0 Å². The van der Waals surface area contributed by atoms with Crippen molar-refractivity contribution in [2.24, 2.45) is 0 Å². The smallest absolute Gasteiger partial charge is 0.139 e. The predicted molar refractivity (Wildman–Crippen MR) is 122 cm³/mol. The van der Waals surface area contributed by atoms with E-state index < -0.39 is 0 Å². The van der Waals surface area contributed by atoms with Gasteiger partial charge in [-0.15, -0.1) is 0 Å². The molecule has 1 fully saturated rings. The van der Waals surface area contributed by atoms with E-state index in [1.54, 1.807) is 13.4 Å². The number of hydrogen-bond donors (Lipinski definition) is 1. The number of anilines is 1. The van der Waals surface area contributed by atoms with Crippen molar-refractivity contribution in [3.63, 3.8) is 0 Å². The van der Waals surface area contributed by atoms with E-state index in [1.165, 1.54) is 5.56 Å². The third-order valence-corrected chi connectivity index (χ3v) is 5.99. The van der Waals surface area contributed by atoms with Gasteiger partial charge < -0.3 is 9.64 Å². The standard InChI is InChI=1S/C24H26N6O/c1-17-22(14-27-28-17)19-5-8-23-21(13-19)24(26-16-25-23)30-11-9-29(10-12-30)15-18-3-6-20(31-2)7-4-18/h3-8,13-14,16H,9-12,15H2,1-2H3,(H,27,28). The van der Waals surface area contributed by atoms with Crippen LogP contribution in [0.25, 0.3) is 22.0 Å². The number of aromatic nitrogens is 4. The number of benzene rings is 2. The molecular weight excluding hydrogens is 388 g/mol. The molecule has 4 aromatic rings. The van der Waals surface area contributed by atoms with Gasteiger partial charge in [0.1, 0.15) is 17.9 Å². The number of aryl methyl sites for hydroxylation is 1. The van der Waals surface area contributed by atoms with E-state index in [-0.39, 0.29) is 0 Å². The summed E-state index contributed by atoms with van der Waals surface area (Å²) >= 11 is 0. The van der Waals surface area contributed by atoms with Crippen molar-refractivity contribution < 1.29 is 4.74 Å². The normalized spacial score (nSPS) is 14.8. The number of aromatic amines is 1. The number of methoxy groups -OCH3 is 1. The lowest BCUT2D eigenvalue weighted by atomic mass is 10.0. The number of H-pyrrole nitrogens is 1. The molecule has 0 atom stereocenters. The fourth-order valence-electron chi connectivity index (χ4n) is 4.22. The van der Waals surface area contributed by atoms with E-state index in [2.05, 4.69) is 60.3 Å². The minimum absolute atomic E-state index is 0.897. The summed E-state index contributed by atoms with van der Waals surface area (Å²) in [5, 5.41) is 8.30. The first kappa shape index (κ1) is 19.5. The van der Waals surface area contributed by atoms with E-state index in [1.807, 2.05) is 25.3 Å². The summed E-state index contributed by atoms with van der Waals surface area (Å²) < 4.78 is 5.26. The Hall–Kier alpha value is -3.45. The lowest BCUT2D eigenvalue weighted by molar-refractivity contribution is 0.249. The Morgan fingerprint density at radius 1 is 1.00 bits per heavy atom. The van der Waals surface area contributed by atoms with Crippen LogP contribution in [0.1, 0.15) is 11.3 Å². The molecule has 1 saturated heterocycles. The van der Waals surface area contributed by atoms with Crippen molar-refractivity contribution >= 4 is 16.7 Å². The van der Waals surface area contributed by atoms with Gasteiger partial charge in [0.2, 0.25) is 0 Å². The fraction of sp³-hybridized carbons (Fsp3) is 0.292. The Morgan fingerprint density at radius 3 is 2.52 bits per heavy atom. The molecule has 158 valence electrons. The first-order valence-electron chi connectivity index (χ1n) is 10.6. The van der Waals surface area contributed by atoms with Crippen LogP contribution in [-0.2, 0) is 6.54 Å². The molecule has 0 aliphatic carbocycles. The van der Waals surface area contributed by atoms with Gasteiger partial charge >= 0.3 is 0 Å². The van der Waals surface area contributed by atoms with Crippen LogP contribution in [-0.4, -0.2) is 58.4 Å². The molecule has 0 saturated carbocycles. The lowest BCUT2D eigenvalue weighted by Crippen LogP contribution is -2.46. The highest BCUT2D eigenvalue weighted by Crippen LogP contribution is 2.30.